The summed E-state index contributed by atoms with van der Waals surface area (Å²) in [6.07, 6.45) is 0. The third-order valence-corrected chi connectivity index (χ3v) is 4.11. The molecule has 114 valence electrons. The zero-order valence-electron chi connectivity index (χ0n) is 11.7. The van der Waals surface area contributed by atoms with Crippen LogP contribution in [-0.4, -0.2) is 54.8 Å². The minimum absolute atomic E-state index is 0.0431. The number of rotatable bonds is 4. The lowest BCUT2D eigenvalue weighted by Gasteiger charge is -2.28. The van der Waals surface area contributed by atoms with Crippen LogP contribution in [0.25, 0.3) is 0 Å². The number of carbonyl (C=O) groups is 2. The lowest BCUT2D eigenvalue weighted by Crippen LogP contribution is -2.52. The Hall–Kier alpha value is -1.11. The SMILES string of the molecule is CN(CC(=O)N1CCNC(=O)C1)Cc1cc(Br)ccc1Cl. The molecule has 1 aliphatic heterocycles. The summed E-state index contributed by atoms with van der Waals surface area (Å²) in [5.41, 5.74) is 0.956. The molecule has 1 N–H and O–H groups in total. The molecule has 0 aromatic heterocycles. The van der Waals surface area contributed by atoms with Crippen LogP contribution in [0.2, 0.25) is 5.02 Å². The van der Waals surface area contributed by atoms with Gasteiger partial charge in [-0.15, -0.1) is 0 Å². The maximum atomic E-state index is 12.2. The van der Waals surface area contributed by atoms with Gasteiger partial charge in [0.1, 0.15) is 0 Å². The Kier molecular flexibility index (Phi) is 5.61. The summed E-state index contributed by atoms with van der Waals surface area (Å²) in [6.45, 7) is 2.06. The lowest BCUT2D eigenvalue weighted by molar-refractivity contribution is -0.138. The van der Waals surface area contributed by atoms with Gasteiger partial charge in [0.05, 0.1) is 13.1 Å². The molecule has 21 heavy (non-hydrogen) atoms. The third-order valence-electron chi connectivity index (χ3n) is 3.24. The molecule has 1 fully saturated rings. The van der Waals surface area contributed by atoms with Gasteiger partial charge in [0, 0.05) is 29.1 Å². The molecule has 0 aliphatic carbocycles. The number of carbonyl (C=O) groups excluding carboxylic acids is 2. The topological polar surface area (TPSA) is 52.7 Å². The number of hydrogen-bond donors (Lipinski definition) is 1. The smallest absolute Gasteiger partial charge is 0.239 e. The number of likely N-dealkylation sites (N-methyl/N-ethyl adjacent to an activating group) is 1. The number of nitrogens with zero attached hydrogens (tertiary/aromatic N) is 2. The molecular weight excluding hydrogens is 358 g/mol. The van der Waals surface area contributed by atoms with Crippen LogP contribution >= 0.6 is 27.5 Å². The van der Waals surface area contributed by atoms with Crippen LogP contribution < -0.4 is 5.32 Å². The van der Waals surface area contributed by atoms with E-state index < -0.39 is 0 Å². The van der Waals surface area contributed by atoms with Crippen LogP contribution in [0.3, 0.4) is 0 Å². The predicted octanol–water partition coefficient (Wildman–Crippen LogP) is 1.49. The summed E-state index contributed by atoms with van der Waals surface area (Å²) in [7, 11) is 1.86. The first-order valence-electron chi connectivity index (χ1n) is 6.62. The van der Waals surface area contributed by atoms with Crippen molar-refractivity contribution in [2.75, 3.05) is 33.2 Å². The predicted molar refractivity (Wildman–Crippen MR) is 85.1 cm³/mol. The van der Waals surface area contributed by atoms with Crippen molar-refractivity contribution in [3.8, 4) is 0 Å². The Morgan fingerprint density at radius 3 is 3.00 bits per heavy atom. The number of benzene rings is 1. The van der Waals surface area contributed by atoms with Crippen LogP contribution in [0.4, 0.5) is 0 Å². The third kappa shape index (κ3) is 4.69. The average molecular weight is 375 g/mol. The molecule has 0 unspecified atom stereocenters. The Morgan fingerprint density at radius 2 is 2.29 bits per heavy atom. The molecule has 1 saturated heterocycles. The van der Waals surface area contributed by atoms with Crippen LogP contribution in [0.1, 0.15) is 5.56 Å². The van der Waals surface area contributed by atoms with Crippen molar-refractivity contribution in [2.24, 2.45) is 0 Å². The second-order valence-electron chi connectivity index (χ2n) is 5.07. The molecule has 0 bridgehead atoms. The Morgan fingerprint density at radius 1 is 1.52 bits per heavy atom. The van der Waals surface area contributed by atoms with E-state index in [0.717, 1.165) is 10.0 Å². The van der Waals surface area contributed by atoms with E-state index >= 15 is 0 Å². The molecule has 2 rings (SSSR count). The molecule has 0 atom stereocenters. The van der Waals surface area contributed by atoms with Crippen LogP contribution in [0.5, 0.6) is 0 Å². The zero-order chi connectivity index (χ0) is 15.4. The van der Waals surface area contributed by atoms with E-state index in [2.05, 4.69) is 21.2 Å². The first-order chi connectivity index (χ1) is 9.95. The van der Waals surface area contributed by atoms with Gasteiger partial charge in [-0.3, -0.25) is 14.5 Å². The van der Waals surface area contributed by atoms with E-state index in [1.165, 1.54) is 0 Å². The summed E-state index contributed by atoms with van der Waals surface area (Å²) in [5, 5.41) is 3.38. The van der Waals surface area contributed by atoms with Gasteiger partial charge >= 0.3 is 0 Å². The summed E-state index contributed by atoms with van der Waals surface area (Å²) < 4.78 is 0.953. The molecule has 2 amide bonds. The van der Waals surface area contributed by atoms with Gasteiger partial charge in [-0.25, -0.2) is 0 Å². The maximum Gasteiger partial charge on any atom is 0.239 e. The van der Waals surface area contributed by atoms with Crippen molar-refractivity contribution in [3.63, 3.8) is 0 Å². The second-order valence-corrected chi connectivity index (χ2v) is 6.40. The standard InChI is InChI=1S/C14H17BrClN3O2/c1-18(7-10-6-11(15)2-3-12(10)16)9-14(21)19-5-4-17-13(20)8-19/h2-3,6H,4-5,7-9H2,1H3,(H,17,20). The van der Waals surface area contributed by atoms with Gasteiger partial charge in [0.25, 0.3) is 0 Å². The average Bonchev–Trinajstić information content (AvgIpc) is 2.42. The van der Waals surface area contributed by atoms with Gasteiger partial charge in [-0.2, -0.15) is 0 Å². The van der Waals surface area contributed by atoms with Crippen molar-refractivity contribution in [3.05, 3.63) is 33.3 Å². The zero-order valence-corrected chi connectivity index (χ0v) is 14.1. The minimum Gasteiger partial charge on any atom is -0.353 e. The maximum absolute atomic E-state index is 12.2. The molecule has 7 heteroatoms. The number of hydrogen-bond acceptors (Lipinski definition) is 3. The summed E-state index contributed by atoms with van der Waals surface area (Å²) in [6, 6.07) is 5.65. The number of nitrogens with one attached hydrogen (secondary N) is 1. The van der Waals surface area contributed by atoms with Crippen molar-refractivity contribution >= 4 is 39.3 Å². The molecule has 0 saturated carbocycles. The number of amides is 2. The Bertz CT molecular complexity index is 553. The Labute approximate surface area is 137 Å². The normalized spacial score (nSPS) is 15.2. The molecule has 0 spiro atoms. The van der Waals surface area contributed by atoms with Gasteiger partial charge in [0.2, 0.25) is 11.8 Å². The molecule has 1 aromatic rings. The van der Waals surface area contributed by atoms with Crippen LogP contribution in [0.15, 0.2) is 22.7 Å². The van der Waals surface area contributed by atoms with E-state index in [9.17, 15) is 9.59 Å². The largest absolute Gasteiger partial charge is 0.353 e. The fourth-order valence-corrected chi connectivity index (χ4v) is 2.78. The minimum atomic E-state index is -0.104. The summed E-state index contributed by atoms with van der Waals surface area (Å²) >= 11 is 9.56. The van der Waals surface area contributed by atoms with E-state index in [0.29, 0.717) is 24.7 Å². The van der Waals surface area contributed by atoms with E-state index in [1.54, 1.807) is 4.90 Å². The quantitative estimate of drug-likeness (QED) is 0.869. The molecule has 5 nitrogen and oxygen atoms in total. The highest BCUT2D eigenvalue weighted by molar-refractivity contribution is 9.10. The van der Waals surface area contributed by atoms with E-state index in [1.807, 2.05) is 30.1 Å². The van der Waals surface area contributed by atoms with E-state index in [4.69, 9.17) is 11.6 Å². The van der Waals surface area contributed by atoms with Crippen molar-refractivity contribution in [1.29, 1.82) is 0 Å². The number of piperazine rings is 1. The Balaban J connectivity index is 1.91. The van der Waals surface area contributed by atoms with Crippen molar-refractivity contribution < 1.29 is 9.59 Å². The van der Waals surface area contributed by atoms with Crippen molar-refractivity contribution in [2.45, 2.75) is 6.54 Å². The van der Waals surface area contributed by atoms with E-state index in [-0.39, 0.29) is 24.9 Å². The number of halogens is 2. The monoisotopic (exact) mass is 373 g/mol. The molecule has 0 radical (unpaired) electrons. The van der Waals surface area contributed by atoms with Gasteiger partial charge in [-0.05, 0) is 30.8 Å². The van der Waals surface area contributed by atoms with Gasteiger partial charge in [0.15, 0.2) is 0 Å². The molecule has 1 aliphatic rings. The summed E-state index contributed by atoms with van der Waals surface area (Å²) in [5.74, 6) is -0.147. The van der Waals surface area contributed by atoms with Crippen molar-refractivity contribution in [1.82, 2.24) is 15.1 Å². The molecule has 1 heterocycles. The van der Waals surface area contributed by atoms with Gasteiger partial charge in [-0.1, -0.05) is 27.5 Å². The molecule has 1 aromatic carbocycles. The highest BCUT2D eigenvalue weighted by Gasteiger charge is 2.22. The summed E-state index contributed by atoms with van der Waals surface area (Å²) in [4.78, 5) is 26.9. The van der Waals surface area contributed by atoms with Gasteiger partial charge < -0.3 is 10.2 Å². The fraction of sp³-hybridized carbons (Fsp3) is 0.429. The lowest BCUT2D eigenvalue weighted by atomic mass is 10.2. The highest BCUT2D eigenvalue weighted by Crippen LogP contribution is 2.22. The first kappa shape index (κ1) is 16.3. The fourth-order valence-electron chi connectivity index (χ4n) is 2.19. The highest BCUT2D eigenvalue weighted by atomic mass is 79.9. The molecular formula is C14H17BrClN3O2. The van der Waals surface area contributed by atoms with Crippen LogP contribution in [-0.2, 0) is 16.1 Å². The van der Waals surface area contributed by atoms with Crippen LogP contribution in [0, 0.1) is 0 Å². The second kappa shape index (κ2) is 7.24. The first-order valence-corrected chi connectivity index (χ1v) is 7.80.